The third-order valence-electron chi connectivity index (χ3n) is 4.72. The Morgan fingerprint density at radius 3 is 2.36 bits per heavy atom. The Morgan fingerprint density at radius 2 is 1.72 bits per heavy atom. The first kappa shape index (κ1) is 17.6. The van der Waals surface area contributed by atoms with Crippen molar-refractivity contribution in [2.24, 2.45) is 5.92 Å². The van der Waals surface area contributed by atoms with Crippen LogP contribution >= 0.6 is 11.6 Å². The van der Waals surface area contributed by atoms with Crippen molar-refractivity contribution in [2.45, 2.75) is 19.4 Å². The molecule has 1 aliphatic rings. The molecular formula is C20H20ClNO3. The molecule has 0 spiro atoms. The Bertz CT molecular complexity index is 768. The van der Waals surface area contributed by atoms with Gasteiger partial charge in [-0.25, -0.2) is 4.79 Å². The lowest BCUT2D eigenvalue weighted by molar-refractivity contribution is 0.0696. The number of aromatic carboxylic acids is 1. The summed E-state index contributed by atoms with van der Waals surface area (Å²) in [5, 5.41) is 9.47. The van der Waals surface area contributed by atoms with Crippen LogP contribution < -0.4 is 0 Å². The van der Waals surface area contributed by atoms with E-state index in [-0.39, 0.29) is 17.3 Å². The maximum Gasteiger partial charge on any atom is 0.337 e. The average molecular weight is 358 g/mol. The van der Waals surface area contributed by atoms with Crippen LogP contribution in [0.25, 0.3) is 0 Å². The Hall–Kier alpha value is -2.17. The molecule has 2 aromatic rings. The summed E-state index contributed by atoms with van der Waals surface area (Å²) in [6.07, 6.45) is 1.62. The fraction of sp³-hybridized carbons (Fsp3) is 0.300. The third-order valence-corrected chi connectivity index (χ3v) is 5.17. The molecule has 1 N–H and O–H groups in total. The fourth-order valence-electron chi connectivity index (χ4n) is 3.30. The van der Waals surface area contributed by atoms with Gasteiger partial charge < -0.3 is 5.11 Å². The van der Waals surface area contributed by atoms with Crippen LogP contribution in [0, 0.1) is 5.92 Å². The van der Waals surface area contributed by atoms with Crippen molar-refractivity contribution >= 4 is 23.4 Å². The molecular weight excluding hydrogens is 338 g/mol. The molecule has 2 aromatic carbocycles. The number of Topliss-reactive ketones (excluding diaryl/α,β-unsaturated/α-hetero) is 1. The first-order valence-corrected chi connectivity index (χ1v) is 8.76. The number of rotatable bonds is 5. The van der Waals surface area contributed by atoms with Crippen molar-refractivity contribution in [3.8, 4) is 0 Å². The summed E-state index contributed by atoms with van der Waals surface area (Å²) in [4.78, 5) is 25.9. The van der Waals surface area contributed by atoms with E-state index in [9.17, 15) is 9.59 Å². The normalized spacial score (nSPS) is 15.9. The molecule has 1 fully saturated rings. The van der Waals surface area contributed by atoms with E-state index in [1.807, 2.05) is 36.4 Å². The van der Waals surface area contributed by atoms with Crippen molar-refractivity contribution in [1.82, 2.24) is 4.90 Å². The van der Waals surface area contributed by atoms with E-state index in [0.717, 1.165) is 37.1 Å². The number of carbonyl (C=O) groups excluding carboxylic acids is 1. The van der Waals surface area contributed by atoms with Gasteiger partial charge >= 0.3 is 5.97 Å². The molecule has 0 radical (unpaired) electrons. The molecule has 5 heteroatoms. The molecule has 0 saturated carbocycles. The number of hydrogen-bond donors (Lipinski definition) is 1. The lowest BCUT2D eigenvalue weighted by atomic mass is 9.89. The number of carboxylic acid groups (broad SMARTS) is 1. The van der Waals surface area contributed by atoms with Crippen molar-refractivity contribution in [3.05, 3.63) is 70.2 Å². The smallest absolute Gasteiger partial charge is 0.337 e. The molecule has 4 nitrogen and oxygen atoms in total. The van der Waals surface area contributed by atoms with Gasteiger partial charge in [-0.15, -0.1) is 0 Å². The molecule has 130 valence electrons. The highest BCUT2D eigenvalue weighted by Crippen LogP contribution is 2.26. The van der Waals surface area contributed by atoms with Crippen LogP contribution in [0.2, 0.25) is 5.02 Å². The molecule has 1 aliphatic heterocycles. The van der Waals surface area contributed by atoms with Gasteiger partial charge in [0, 0.05) is 18.0 Å². The van der Waals surface area contributed by atoms with Crippen LogP contribution in [0.3, 0.4) is 0 Å². The van der Waals surface area contributed by atoms with E-state index in [2.05, 4.69) is 4.90 Å². The minimum absolute atomic E-state index is 0.0551. The van der Waals surface area contributed by atoms with E-state index >= 15 is 0 Å². The number of carboxylic acids is 1. The number of likely N-dealkylation sites (tertiary alicyclic amines) is 1. The van der Waals surface area contributed by atoms with Crippen LogP contribution in [0.5, 0.6) is 0 Å². The number of nitrogens with zero attached hydrogens (tertiary/aromatic N) is 1. The Labute approximate surface area is 152 Å². The highest BCUT2D eigenvalue weighted by molar-refractivity contribution is 6.34. The van der Waals surface area contributed by atoms with Crippen molar-refractivity contribution in [1.29, 1.82) is 0 Å². The maximum absolute atomic E-state index is 12.5. The molecule has 0 aromatic heterocycles. The molecule has 0 amide bonds. The van der Waals surface area contributed by atoms with Gasteiger partial charge in [0.25, 0.3) is 0 Å². The predicted octanol–water partition coefficient (Wildman–Crippen LogP) is 4.13. The number of piperidine rings is 1. The summed E-state index contributed by atoms with van der Waals surface area (Å²) < 4.78 is 0. The van der Waals surface area contributed by atoms with Crippen molar-refractivity contribution in [2.75, 3.05) is 13.1 Å². The molecule has 1 heterocycles. The molecule has 0 aliphatic carbocycles. The average Bonchev–Trinajstić information content (AvgIpc) is 2.64. The van der Waals surface area contributed by atoms with Crippen molar-refractivity contribution in [3.63, 3.8) is 0 Å². The summed E-state index contributed by atoms with van der Waals surface area (Å²) in [5.41, 5.74) is 1.72. The highest BCUT2D eigenvalue weighted by atomic mass is 35.5. The van der Waals surface area contributed by atoms with E-state index in [0.29, 0.717) is 11.6 Å². The second kappa shape index (κ2) is 7.81. The van der Waals surface area contributed by atoms with Gasteiger partial charge in [-0.3, -0.25) is 9.69 Å². The van der Waals surface area contributed by atoms with Gasteiger partial charge in [-0.2, -0.15) is 0 Å². The van der Waals surface area contributed by atoms with Crippen LogP contribution in [-0.2, 0) is 6.54 Å². The monoisotopic (exact) mass is 357 g/mol. The molecule has 1 saturated heterocycles. The SMILES string of the molecule is O=C(O)c1cccc(CN2CCC(C(=O)c3ccccc3)CC2)c1Cl. The summed E-state index contributed by atoms with van der Waals surface area (Å²) in [7, 11) is 0. The first-order chi connectivity index (χ1) is 12.1. The number of hydrogen-bond acceptors (Lipinski definition) is 3. The predicted molar refractivity (Wildman–Crippen MR) is 97.2 cm³/mol. The zero-order valence-corrected chi connectivity index (χ0v) is 14.6. The van der Waals surface area contributed by atoms with Gasteiger partial charge in [0.2, 0.25) is 0 Å². The number of halogens is 1. The van der Waals surface area contributed by atoms with E-state index in [4.69, 9.17) is 16.7 Å². The van der Waals surface area contributed by atoms with Crippen LogP contribution in [-0.4, -0.2) is 34.8 Å². The topological polar surface area (TPSA) is 57.6 Å². The van der Waals surface area contributed by atoms with Gasteiger partial charge in [0.1, 0.15) is 0 Å². The van der Waals surface area contributed by atoms with Gasteiger partial charge in [0.15, 0.2) is 5.78 Å². The molecule has 0 atom stereocenters. The second-order valence-corrected chi connectivity index (χ2v) is 6.74. The summed E-state index contributed by atoms with van der Waals surface area (Å²) in [6.45, 7) is 2.21. The van der Waals surface area contributed by atoms with Crippen molar-refractivity contribution < 1.29 is 14.7 Å². The molecule has 0 unspecified atom stereocenters. The summed E-state index contributed by atoms with van der Waals surface area (Å²) >= 11 is 6.22. The number of benzene rings is 2. The zero-order valence-electron chi connectivity index (χ0n) is 13.8. The minimum atomic E-state index is -1.01. The maximum atomic E-state index is 12.5. The lowest BCUT2D eigenvalue weighted by Crippen LogP contribution is -2.36. The fourth-order valence-corrected chi connectivity index (χ4v) is 3.57. The Kier molecular flexibility index (Phi) is 5.51. The first-order valence-electron chi connectivity index (χ1n) is 8.38. The molecule has 25 heavy (non-hydrogen) atoms. The summed E-state index contributed by atoms with van der Waals surface area (Å²) in [5.74, 6) is -0.746. The quantitative estimate of drug-likeness (QED) is 0.817. The third kappa shape index (κ3) is 4.09. The number of carbonyl (C=O) groups is 2. The van der Waals surface area contributed by atoms with Crippen LogP contribution in [0.1, 0.15) is 39.1 Å². The Morgan fingerprint density at radius 1 is 1.04 bits per heavy atom. The largest absolute Gasteiger partial charge is 0.478 e. The number of ketones is 1. The van der Waals surface area contributed by atoms with Crippen LogP contribution in [0.15, 0.2) is 48.5 Å². The van der Waals surface area contributed by atoms with E-state index < -0.39 is 5.97 Å². The van der Waals surface area contributed by atoms with Crippen LogP contribution in [0.4, 0.5) is 0 Å². The van der Waals surface area contributed by atoms with Gasteiger partial charge in [-0.1, -0.05) is 54.1 Å². The lowest BCUT2D eigenvalue weighted by Gasteiger charge is -2.31. The Balaban J connectivity index is 1.61. The summed E-state index contributed by atoms with van der Waals surface area (Å²) in [6, 6.07) is 14.5. The second-order valence-electron chi connectivity index (χ2n) is 6.36. The van der Waals surface area contributed by atoms with Gasteiger partial charge in [-0.05, 0) is 37.6 Å². The molecule has 3 rings (SSSR count). The molecule has 0 bridgehead atoms. The zero-order chi connectivity index (χ0) is 17.8. The van der Waals surface area contributed by atoms with E-state index in [1.54, 1.807) is 6.07 Å². The van der Waals surface area contributed by atoms with Gasteiger partial charge in [0.05, 0.1) is 10.6 Å². The standard InChI is InChI=1S/C20H20ClNO3/c21-18-16(7-4-8-17(18)20(24)25)13-22-11-9-15(10-12-22)19(23)14-5-2-1-3-6-14/h1-8,15H,9-13H2,(H,24,25). The van der Waals surface area contributed by atoms with E-state index in [1.165, 1.54) is 6.07 Å². The highest BCUT2D eigenvalue weighted by Gasteiger charge is 2.26. The minimum Gasteiger partial charge on any atom is -0.478 e.